The van der Waals surface area contributed by atoms with E-state index in [1.54, 1.807) is 17.8 Å². The molecule has 0 radical (unpaired) electrons. The molecule has 2 atom stereocenters. The Labute approximate surface area is 177 Å². The SMILES string of the molecule is CC(C(N)=O)C1CN=C(c2cc3cc(Oc4ccc(S(C)(=O)=O)nc4)ccc3[nH]2)S1. The molecule has 1 aliphatic heterocycles. The van der Waals surface area contributed by atoms with Crippen molar-refractivity contribution >= 4 is 43.5 Å². The number of benzene rings is 1. The van der Waals surface area contributed by atoms with Crippen LogP contribution in [0.5, 0.6) is 11.5 Å². The number of pyridine rings is 1. The number of hydrogen-bond donors (Lipinski definition) is 2. The first-order valence-corrected chi connectivity index (χ1v) is 12.0. The van der Waals surface area contributed by atoms with Crippen LogP contribution in [0.4, 0.5) is 0 Å². The second-order valence-electron chi connectivity index (χ2n) is 7.13. The largest absolute Gasteiger partial charge is 0.456 e. The molecule has 8 nitrogen and oxygen atoms in total. The van der Waals surface area contributed by atoms with Crippen LogP contribution in [0.3, 0.4) is 0 Å². The number of H-pyrrole nitrogens is 1. The second-order valence-corrected chi connectivity index (χ2v) is 10.3. The molecule has 156 valence electrons. The van der Waals surface area contributed by atoms with E-state index in [-0.39, 0.29) is 22.1 Å². The van der Waals surface area contributed by atoms with Gasteiger partial charge in [0.05, 0.1) is 18.4 Å². The summed E-state index contributed by atoms with van der Waals surface area (Å²) in [7, 11) is -3.35. The van der Waals surface area contributed by atoms with Gasteiger partial charge in [-0.1, -0.05) is 18.7 Å². The fourth-order valence-electron chi connectivity index (χ4n) is 3.05. The maximum Gasteiger partial charge on any atom is 0.221 e. The molecule has 0 fully saturated rings. The third-order valence-corrected chi connectivity index (χ3v) is 7.27. The van der Waals surface area contributed by atoms with Gasteiger partial charge < -0.3 is 15.5 Å². The van der Waals surface area contributed by atoms with Crippen LogP contribution in [-0.2, 0) is 14.6 Å². The number of sulfone groups is 1. The summed E-state index contributed by atoms with van der Waals surface area (Å²) >= 11 is 1.55. The smallest absolute Gasteiger partial charge is 0.221 e. The Hall–Kier alpha value is -2.85. The molecule has 2 aromatic heterocycles. The zero-order valence-corrected chi connectivity index (χ0v) is 18.0. The van der Waals surface area contributed by atoms with Crippen LogP contribution < -0.4 is 10.5 Å². The minimum absolute atomic E-state index is 0.000579. The predicted octanol–water partition coefficient (Wildman–Crippen LogP) is 2.74. The first-order valence-electron chi connectivity index (χ1n) is 9.18. The van der Waals surface area contributed by atoms with Crippen molar-refractivity contribution in [2.45, 2.75) is 17.2 Å². The Bertz CT molecular complexity index is 1250. The molecule has 1 aliphatic rings. The number of aliphatic imine (C=N–C) groups is 1. The Balaban J connectivity index is 1.51. The molecule has 4 rings (SSSR count). The lowest BCUT2D eigenvalue weighted by Crippen LogP contribution is -2.30. The molecule has 0 spiro atoms. The number of nitrogens with two attached hydrogens (primary N) is 1. The first kappa shape index (κ1) is 20.4. The van der Waals surface area contributed by atoms with Gasteiger partial charge in [0.1, 0.15) is 16.5 Å². The van der Waals surface area contributed by atoms with Crippen LogP contribution in [0.15, 0.2) is 52.6 Å². The predicted molar refractivity (Wildman–Crippen MR) is 117 cm³/mol. The molecular formula is C20H20N4O4S2. The van der Waals surface area contributed by atoms with Crippen LogP contribution in [0.25, 0.3) is 10.9 Å². The van der Waals surface area contributed by atoms with Gasteiger partial charge in [0.15, 0.2) is 14.9 Å². The Morgan fingerprint density at radius 1 is 1.27 bits per heavy atom. The van der Waals surface area contributed by atoms with Gasteiger partial charge in [-0.15, -0.1) is 0 Å². The third-order valence-electron chi connectivity index (χ3n) is 4.83. The average molecular weight is 445 g/mol. The number of carbonyl (C=O) groups is 1. The number of primary amides is 1. The summed E-state index contributed by atoms with van der Waals surface area (Å²) in [6.45, 7) is 2.38. The number of amides is 1. The highest BCUT2D eigenvalue weighted by molar-refractivity contribution is 8.15. The zero-order chi connectivity index (χ0) is 21.5. The Kier molecular flexibility index (Phi) is 5.29. The van der Waals surface area contributed by atoms with Crippen molar-refractivity contribution in [3.05, 3.63) is 48.3 Å². The van der Waals surface area contributed by atoms with Gasteiger partial charge in [0, 0.05) is 28.3 Å². The highest BCUT2D eigenvalue weighted by Crippen LogP contribution is 2.32. The Morgan fingerprint density at radius 2 is 2.03 bits per heavy atom. The van der Waals surface area contributed by atoms with E-state index in [0.29, 0.717) is 18.0 Å². The van der Waals surface area contributed by atoms with Crippen molar-refractivity contribution in [2.75, 3.05) is 12.8 Å². The van der Waals surface area contributed by atoms with E-state index in [1.807, 2.05) is 31.2 Å². The number of rotatable bonds is 6. The monoisotopic (exact) mass is 444 g/mol. The Morgan fingerprint density at radius 3 is 2.70 bits per heavy atom. The summed E-state index contributed by atoms with van der Waals surface area (Å²) in [6.07, 6.45) is 2.49. The van der Waals surface area contributed by atoms with Gasteiger partial charge in [0.25, 0.3) is 0 Å². The number of fused-ring (bicyclic) bond motifs is 1. The van der Waals surface area contributed by atoms with Gasteiger partial charge in [0.2, 0.25) is 5.91 Å². The van der Waals surface area contributed by atoms with E-state index < -0.39 is 9.84 Å². The average Bonchev–Trinajstić information content (AvgIpc) is 3.33. The molecule has 3 aromatic rings. The van der Waals surface area contributed by atoms with E-state index in [9.17, 15) is 13.2 Å². The lowest BCUT2D eigenvalue weighted by atomic mass is 10.1. The number of ether oxygens (including phenoxy) is 1. The summed E-state index contributed by atoms with van der Waals surface area (Å²) in [5, 5.41) is 1.84. The van der Waals surface area contributed by atoms with Crippen molar-refractivity contribution in [3.8, 4) is 11.5 Å². The highest BCUT2D eigenvalue weighted by atomic mass is 32.2. The van der Waals surface area contributed by atoms with Crippen LogP contribution in [0.1, 0.15) is 12.6 Å². The maximum absolute atomic E-state index is 11.5. The van der Waals surface area contributed by atoms with Crippen LogP contribution in [-0.4, -0.2) is 47.4 Å². The first-order chi connectivity index (χ1) is 14.2. The highest BCUT2D eigenvalue weighted by Gasteiger charge is 2.29. The van der Waals surface area contributed by atoms with Crippen molar-refractivity contribution in [1.29, 1.82) is 0 Å². The van der Waals surface area contributed by atoms with E-state index in [1.165, 1.54) is 12.3 Å². The lowest BCUT2D eigenvalue weighted by molar-refractivity contribution is -0.121. The third kappa shape index (κ3) is 4.19. The van der Waals surface area contributed by atoms with Crippen molar-refractivity contribution < 1.29 is 17.9 Å². The second kappa shape index (κ2) is 7.77. The molecule has 0 aliphatic carbocycles. The summed E-state index contributed by atoms with van der Waals surface area (Å²) in [4.78, 5) is 23.3. The van der Waals surface area contributed by atoms with E-state index >= 15 is 0 Å². The molecule has 0 saturated heterocycles. The van der Waals surface area contributed by atoms with Crippen LogP contribution in [0, 0.1) is 5.92 Å². The van der Waals surface area contributed by atoms with Gasteiger partial charge in [-0.3, -0.25) is 9.79 Å². The number of nitrogens with zero attached hydrogens (tertiary/aromatic N) is 2. The molecule has 30 heavy (non-hydrogen) atoms. The quantitative estimate of drug-likeness (QED) is 0.602. The number of thioether (sulfide) groups is 1. The van der Waals surface area contributed by atoms with Crippen LogP contribution >= 0.6 is 11.8 Å². The minimum atomic E-state index is -3.35. The molecule has 3 heterocycles. The zero-order valence-electron chi connectivity index (χ0n) is 16.3. The molecule has 10 heteroatoms. The van der Waals surface area contributed by atoms with Gasteiger partial charge in [-0.25, -0.2) is 13.4 Å². The molecule has 3 N–H and O–H groups in total. The molecule has 1 amide bonds. The number of aromatic amines is 1. The lowest BCUT2D eigenvalue weighted by Gasteiger charge is -2.13. The molecular weight excluding hydrogens is 424 g/mol. The maximum atomic E-state index is 11.5. The normalized spacial score (nSPS) is 17.7. The number of aromatic nitrogens is 2. The summed E-state index contributed by atoms with van der Waals surface area (Å²) in [6, 6.07) is 10.6. The van der Waals surface area contributed by atoms with Crippen LogP contribution in [0.2, 0.25) is 0 Å². The van der Waals surface area contributed by atoms with Gasteiger partial charge >= 0.3 is 0 Å². The van der Waals surface area contributed by atoms with Crippen molar-refractivity contribution in [1.82, 2.24) is 9.97 Å². The van der Waals surface area contributed by atoms with Crippen molar-refractivity contribution in [3.63, 3.8) is 0 Å². The molecule has 0 bridgehead atoms. The molecule has 0 saturated carbocycles. The fraction of sp³-hybridized carbons (Fsp3) is 0.250. The van der Waals surface area contributed by atoms with Gasteiger partial charge in [-0.2, -0.15) is 0 Å². The molecule has 2 unspecified atom stereocenters. The topological polar surface area (TPSA) is 128 Å². The summed E-state index contributed by atoms with van der Waals surface area (Å²) < 4.78 is 28.8. The molecule has 1 aromatic carbocycles. The standard InChI is InChI=1S/C20H20N4O4S2/c1-11(19(21)25)17-10-23-20(29-17)16-8-12-7-13(3-5-15(12)24-16)28-14-4-6-18(22-9-14)30(2,26)27/h3-9,11,17,24H,10H2,1-2H3,(H2,21,25). The van der Waals surface area contributed by atoms with E-state index in [2.05, 4.69) is 15.0 Å². The van der Waals surface area contributed by atoms with E-state index in [0.717, 1.165) is 27.9 Å². The minimum Gasteiger partial charge on any atom is -0.456 e. The van der Waals surface area contributed by atoms with Crippen molar-refractivity contribution in [2.24, 2.45) is 16.6 Å². The number of carbonyl (C=O) groups excluding carboxylic acids is 1. The number of hydrogen-bond acceptors (Lipinski definition) is 7. The summed E-state index contributed by atoms with van der Waals surface area (Å²) in [5.74, 6) is 0.476. The summed E-state index contributed by atoms with van der Waals surface area (Å²) in [5.41, 5.74) is 7.22. The van der Waals surface area contributed by atoms with E-state index in [4.69, 9.17) is 10.5 Å². The number of nitrogens with one attached hydrogen (secondary N) is 1. The fourth-order valence-corrected chi connectivity index (χ4v) is 4.77. The van der Waals surface area contributed by atoms with Gasteiger partial charge in [-0.05, 0) is 36.4 Å².